The molecular formula is C22H22F3N5O3S. The molecule has 0 fully saturated rings. The topological polar surface area (TPSA) is 115 Å². The third-order valence-electron chi connectivity index (χ3n) is 6.29. The molecule has 0 saturated carbocycles. The van der Waals surface area contributed by atoms with Gasteiger partial charge in [-0.25, -0.2) is 4.68 Å². The molecule has 3 atom stereocenters. The van der Waals surface area contributed by atoms with Crippen LogP contribution in [0.1, 0.15) is 68.9 Å². The monoisotopic (exact) mass is 493 g/mol. The molecule has 3 aromatic heterocycles. The van der Waals surface area contributed by atoms with Gasteiger partial charge in [0, 0.05) is 17.4 Å². The summed E-state index contributed by atoms with van der Waals surface area (Å²) in [5.74, 6) is -0.505. The Balaban J connectivity index is 1.45. The van der Waals surface area contributed by atoms with Gasteiger partial charge in [0.05, 0.1) is 17.9 Å². The normalized spacial score (nSPS) is 21.9. The zero-order valence-corrected chi connectivity index (χ0v) is 18.9. The first-order valence-electron chi connectivity index (χ1n) is 10.8. The van der Waals surface area contributed by atoms with Crippen molar-refractivity contribution < 1.29 is 27.2 Å². The first-order chi connectivity index (χ1) is 16.1. The number of rotatable bonds is 4. The molecule has 3 unspecified atom stereocenters. The summed E-state index contributed by atoms with van der Waals surface area (Å²) in [5, 5.41) is 9.89. The van der Waals surface area contributed by atoms with Crippen LogP contribution in [0.25, 0.3) is 0 Å². The fraction of sp³-hybridized carbons (Fsp3) is 0.409. The van der Waals surface area contributed by atoms with Crippen LogP contribution in [-0.4, -0.2) is 27.8 Å². The van der Waals surface area contributed by atoms with Gasteiger partial charge < -0.3 is 20.8 Å². The van der Waals surface area contributed by atoms with Gasteiger partial charge in [0.25, 0.3) is 11.8 Å². The fourth-order valence-electron chi connectivity index (χ4n) is 4.63. The van der Waals surface area contributed by atoms with Crippen molar-refractivity contribution in [1.82, 2.24) is 9.78 Å². The van der Waals surface area contributed by atoms with Gasteiger partial charge in [0.1, 0.15) is 16.6 Å². The molecule has 34 heavy (non-hydrogen) atoms. The molecular weight excluding hydrogens is 471 g/mol. The lowest BCUT2D eigenvalue weighted by molar-refractivity contribution is -0.174. The number of alkyl halides is 3. The second-order valence-electron chi connectivity index (χ2n) is 8.74. The van der Waals surface area contributed by atoms with Crippen molar-refractivity contribution in [2.75, 3.05) is 10.6 Å². The molecule has 4 N–H and O–H groups in total. The number of hydrogen-bond acceptors (Lipinski definition) is 6. The number of nitrogens with zero attached hydrogens (tertiary/aromatic N) is 2. The van der Waals surface area contributed by atoms with Crippen LogP contribution in [0.4, 0.5) is 24.0 Å². The molecule has 1 aliphatic carbocycles. The van der Waals surface area contributed by atoms with Crippen LogP contribution in [0.5, 0.6) is 0 Å². The van der Waals surface area contributed by atoms with Crippen molar-refractivity contribution in [2.24, 2.45) is 11.7 Å². The number of aromatic nitrogens is 2. The number of primary amides is 1. The molecule has 0 saturated heterocycles. The van der Waals surface area contributed by atoms with E-state index in [-0.39, 0.29) is 23.5 Å². The fourth-order valence-corrected chi connectivity index (χ4v) is 6.04. The average Bonchev–Trinajstić information content (AvgIpc) is 3.49. The molecule has 0 radical (unpaired) electrons. The number of thiophene rings is 1. The lowest BCUT2D eigenvalue weighted by Crippen LogP contribution is -2.35. The van der Waals surface area contributed by atoms with Gasteiger partial charge in [0.15, 0.2) is 11.7 Å². The van der Waals surface area contributed by atoms with E-state index in [1.807, 2.05) is 0 Å². The van der Waals surface area contributed by atoms with E-state index in [4.69, 9.17) is 10.2 Å². The second kappa shape index (κ2) is 8.19. The maximum atomic E-state index is 13.8. The van der Waals surface area contributed by atoms with E-state index in [1.165, 1.54) is 23.7 Å². The Kier molecular flexibility index (Phi) is 5.42. The van der Waals surface area contributed by atoms with E-state index in [1.54, 1.807) is 12.1 Å². The largest absolute Gasteiger partial charge is 0.467 e. The number of hydrogen-bond donors (Lipinski definition) is 3. The maximum absolute atomic E-state index is 13.8. The summed E-state index contributed by atoms with van der Waals surface area (Å²) in [5.41, 5.74) is 6.50. The van der Waals surface area contributed by atoms with E-state index in [0.29, 0.717) is 23.1 Å². The Labute approximate surface area is 196 Å². The maximum Gasteiger partial charge on any atom is 0.410 e. The van der Waals surface area contributed by atoms with Crippen LogP contribution < -0.4 is 16.4 Å². The van der Waals surface area contributed by atoms with Crippen LogP contribution >= 0.6 is 11.3 Å². The zero-order valence-electron chi connectivity index (χ0n) is 18.1. The van der Waals surface area contributed by atoms with Gasteiger partial charge >= 0.3 is 6.18 Å². The molecule has 3 aromatic rings. The zero-order chi connectivity index (χ0) is 24.2. The number of nitrogens with two attached hydrogens (primary N) is 1. The average molecular weight is 494 g/mol. The molecule has 5 rings (SSSR count). The number of furan rings is 1. The minimum absolute atomic E-state index is 0.0505. The quantitative estimate of drug-likeness (QED) is 0.488. The molecule has 0 aromatic carbocycles. The van der Waals surface area contributed by atoms with Crippen LogP contribution in [0.15, 0.2) is 28.9 Å². The Bertz CT molecular complexity index is 1250. The third kappa shape index (κ3) is 3.95. The molecule has 180 valence electrons. The predicted molar refractivity (Wildman–Crippen MR) is 119 cm³/mol. The first-order valence-corrected chi connectivity index (χ1v) is 11.7. The smallest absolute Gasteiger partial charge is 0.410 e. The SMILES string of the molecule is CC1CCc2c(sc(NC(=O)c3cc4n(n3)C(C(F)(F)F)CC(c3ccco3)N4)c2C(N)=O)C1. The summed E-state index contributed by atoms with van der Waals surface area (Å²) >= 11 is 1.28. The van der Waals surface area contributed by atoms with E-state index in [9.17, 15) is 22.8 Å². The van der Waals surface area contributed by atoms with Crippen LogP contribution in [0.3, 0.4) is 0 Å². The third-order valence-corrected chi connectivity index (χ3v) is 7.46. The molecule has 1 aliphatic heterocycles. The minimum atomic E-state index is -4.58. The highest BCUT2D eigenvalue weighted by Crippen LogP contribution is 2.44. The number of carbonyl (C=O) groups is 2. The molecule has 0 bridgehead atoms. The molecule has 2 amide bonds. The van der Waals surface area contributed by atoms with Crippen molar-refractivity contribution >= 4 is 34.0 Å². The van der Waals surface area contributed by atoms with Crippen LogP contribution in [0.2, 0.25) is 0 Å². The summed E-state index contributed by atoms with van der Waals surface area (Å²) in [6, 6.07) is 1.80. The Morgan fingerprint density at radius 3 is 2.85 bits per heavy atom. The van der Waals surface area contributed by atoms with Crippen molar-refractivity contribution in [2.45, 2.75) is 50.9 Å². The van der Waals surface area contributed by atoms with Gasteiger partial charge in [-0.2, -0.15) is 18.3 Å². The van der Waals surface area contributed by atoms with Crippen molar-refractivity contribution in [3.05, 3.63) is 51.9 Å². The van der Waals surface area contributed by atoms with E-state index >= 15 is 0 Å². The number of fused-ring (bicyclic) bond motifs is 2. The number of nitrogens with one attached hydrogen (secondary N) is 2. The molecule has 12 heteroatoms. The Hall–Kier alpha value is -3.28. The number of carbonyl (C=O) groups excluding carboxylic acids is 2. The lowest BCUT2D eigenvalue weighted by atomic mass is 9.88. The predicted octanol–water partition coefficient (Wildman–Crippen LogP) is 4.67. The van der Waals surface area contributed by atoms with E-state index in [0.717, 1.165) is 28.0 Å². The highest BCUT2D eigenvalue weighted by Gasteiger charge is 2.47. The van der Waals surface area contributed by atoms with Crippen LogP contribution in [0, 0.1) is 5.92 Å². The number of anilines is 2. The van der Waals surface area contributed by atoms with Crippen molar-refractivity contribution in [3.8, 4) is 0 Å². The van der Waals surface area contributed by atoms with Gasteiger partial charge in [-0.05, 0) is 42.9 Å². The summed E-state index contributed by atoms with van der Waals surface area (Å²) in [6.07, 6.45) is -1.15. The standard InChI is InChI=1S/C22H22F3N5O3S/c1-10-4-5-11-15(7-10)34-21(18(11)19(26)31)28-20(32)13-9-17-27-12(14-3-2-6-33-14)8-16(22(23,24)25)30(17)29-13/h2-3,6,9-10,12,16,27H,4-5,7-8H2,1H3,(H2,26,31)(H,28,32). The molecule has 4 heterocycles. The van der Waals surface area contributed by atoms with E-state index < -0.39 is 30.1 Å². The second-order valence-corrected chi connectivity index (χ2v) is 9.84. The number of amides is 2. The minimum Gasteiger partial charge on any atom is -0.467 e. The summed E-state index contributed by atoms with van der Waals surface area (Å²) in [4.78, 5) is 26.1. The highest BCUT2D eigenvalue weighted by atomic mass is 32.1. The summed E-state index contributed by atoms with van der Waals surface area (Å²) in [7, 11) is 0. The molecule has 8 nitrogen and oxygen atoms in total. The lowest BCUT2D eigenvalue weighted by Gasteiger charge is -2.32. The van der Waals surface area contributed by atoms with Crippen molar-refractivity contribution in [1.29, 1.82) is 0 Å². The number of halogens is 3. The summed E-state index contributed by atoms with van der Waals surface area (Å²) in [6.45, 7) is 2.11. The van der Waals surface area contributed by atoms with Gasteiger partial charge in [-0.3, -0.25) is 9.59 Å². The first kappa shape index (κ1) is 22.5. The van der Waals surface area contributed by atoms with Gasteiger partial charge in [0.2, 0.25) is 0 Å². The molecule has 2 aliphatic rings. The molecule has 0 spiro atoms. The highest BCUT2D eigenvalue weighted by molar-refractivity contribution is 7.17. The van der Waals surface area contributed by atoms with Crippen LogP contribution in [-0.2, 0) is 12.8 Å². The van der Waals surface area contributed by atoms with E-state index in [2.05, 4.69) is 22.7 Å². The van der Waals surface area contributed by atoms with Gasteiger partial charge in [-0.1, -0.05) is 6.92 Å². The van der Waals surface area contributed by atoms with Crippen molar-refractivity contribution in [3.63, 3.8) is 0 Å². The summed E-state index contributed by atoms with van der Waals surface area (Å²) < 4.78 is 47.5. The van der Waals surface area contributed by atoms with Gasteiger partial charge in [-0.15, -0.1) is 11.3 Å². The Morgan fingerprint density at radius 2 is 2.18 bits per heavy atom. The Morgan fingerprint density at radius 1 is 1.38 bits per heavy atom.